The highest BCUT2D eigenvalue weighted by atomic mass is 32.2. The van der Waals surface area contributed by atoms with E-state index >= 15 is 0 Å². The Balaban J connectivity index is 2.08. The highest BCUT2D eigenvalue weighted by Gasteiger charge is 2.34. The number of rotatable bonds is 6. The van der Waals surface area contributed by atoms with Crippen LogP contribution in [0.1, 0.15) is 45.7 Å². The number of carbonyl (C=O) groups excluding carboxylic acids is 1. The van der Waals surface area contributed by atoms with Crippen molar-refractivity contribution in [2.75, 3.05) is 26.2 Å². The average Bonchev–Trinajstić information content (AvgIpc) is 2.60. The van der Waals surface area contributed by atoms with Gasteiger partial charge in [0.25, 0.3) is 0 Å². The molecule has 0 saturated carbocycles. The molecule has 1 aliphatic heterocycles. The molecule has 1 aromatic rings. The summed E-state index contributed by atoms with van der Waals surface area (Å²) in [6.45, 7) is 15.7. The number of carbonyl (C=O) groups is 1. The lowest BCUT2D eigenvalue weighted by atomic mass is 10.1. The van der Waals surface area contributed by atoms with Gasteiger partial charge in [0.05, 0.1) is 10.9 Å². The van der Waals surface area contributed by atoms with Crippen LogP contribution in [-0.4, -0.2) is 72.7 Å². The standard InChI is InChI=1S/C21H35N3O3S/c1-15(2)24(16(3)4)21(25)19(7)22-10-12-23(13-11-22)28(26,27)20-9-8-17(5)14-18(20)6/h8-9,14-16,19H,10-13H2,1-7H3. The molecule has 7 heteroatoms. The fraction of sp³-hybridized carbons (Fsp3) is 0.667. The molecular formula is C21H35N3O3S. The molecule has 0 aliphatic carbocycles. The van der Waals surface area contributed by atoms with E-state index in [1.807, 2.05) is 65.5 Å². The Hall–Kier alpha value is -1.44. The lowest BCUT2D eigenvalue weighted by Gasteiger charge is -2.40. The summed E-state index contributed by atoms with van der Waals surface area (Å²) >= 11 is 0. The van der Waals surface area contributed by atoms with Crippen molar-refractivity contribution in [1.29, 1.82) is 0 Å². The van der Waals surface area contributed by atoms with Crippen LogP contribution >= 0.6 is 0 Å². The van der Waals surface area contributed by atoms with E-state index in [4.69, 9.17) is 0 Å². The second-order valence-electron chi connectivity index (χ2n) is 8.32. The predicted molar refractivity (Wildman–Crippen MR) is 113 cm³/mol. The van der Waals surface area contributed by atoms with Gasteiger partial charge in [-0.3, -0.25) is 9.69 Å². The maximum absolute atomic E-state index is 13.0. The number of hydrogen-bond donors (Lipinski definition) is 0. The molecule has 158 valence electrons. The van der Waals surface area contributed by atoms with Gasteiger partial charge in [0.2, 0.25) is 15.9 Å². The van der Waals surface area contributed by atoms with Crippen LogP contribution in [0.2, 0.25) is 0 Å². The Bertz CT molecular complexity index is 789. The fourth-order valence-corrected chi connectivity index (χ4v) is 5.66. The highest BCUT2D eigenvalue weighted by Crippen LogP contribution is 2.23. The first-order chi connectivity index (χ1) is 13.0. The van der Waals surface area contributed by atoms with E-state index in [1.165, 1.54) is 0 Å². The van der Waals surface area contributed by atoms with Crippen LogP contribution in [0, 0.1) is 13.8 Å². The van der Waals surface area contributed by atoms with Crippen LogP contribution in [0.3, 0.4) is 0 Å². The minimum absolute atomic E-state index is 0.107. The molecule has 6 nitrogen and oxygen atoms in total. The predicted octanol–water partition coefficient (Wildman–Crippen LogP) is 2.64. The Kier molecular flexibility index (Phi) is 7.28. The first-order valence-corrected chi connectivity index (χ1v) is 11.5. The van der Waals surface area contributed by atoms with Crippen molar-refractivity contribution in [2.24, 2.45) is 0 Å². The van der Waals surface area contributed by atoms with Crippen LogP contribution in [0.5, 0.6) is 0 Å². The molecule has 0 aromatic heterocycles. The lowest BCUT2D eigenvalue weighted by molar-refractivity contribution is -0.140. The van der Waals surface area contributed by atoms with Crippen molar-refractivity contribution in [3.63, 3.8) is 0 Å². The Morgan fingerprint density at radius 1 is 0.964 bits per heavy atom. The van der Waals surface area contributed by atoms with Gasteiger partial charge in [-0.2, -0.15) is 4.31 Å². The lowest BCUT2D eigenvalue weighted by Crippen LogP contribution is -2.57. The summed E-state index contributed by atoms with van der Waals surface area (Å²) in [4.78, 5) is 17.3. The van der Waals surface area contributed by atoms with Gasteiger partial charge >= 0.3 is 0 Å². The number of sulfonamides is 1. The Morgan fingerprint density at radius 2 is 1.50 bits per heavy atom. The maximum atomic E-state index is 13.0. The normalized spacial score (nSPS) is 17.9. The summed E-state index contributed by atoms with van der Waals surface area (Å²) in [5, 5.41) is 0. The van der Waals surface area contributed by atoms with Crippen molar-refractivity contribution < 1.29 is 13.2 Å². The van der Waals surface area contributed by atoms with Gasteiger partial charge < -0.3 is 4.90 Å². The van der Waals surface area contributed by atoms with Crippen molar-refractivity contribution in [2.45, 2.75) is 71.5 Å². The van der Waals surface area contributed by atoms with Crippen molar-refractivity contribution in [3.05, 3.63) is 29.3 Å². The van der Waals surface area contributed by atoms with Crippen LogP contribution in [-0.2, 0) is 14.8 Å². The summed E-state index contributed by atoms with van der Waals surface area (Å²) in [6.07, 6.45) is 0. The van der Waals surface area contributed by atoms with Gasteiger partial charge in [-0.25, -0.2) is 8.42 Å². The molecule has 1 aromatic carbocycles. The smallest absolute Gasteiger partial charge is 0.243 e. The maximum Gasteiger partial charge on any atom is 0.243 e. The molecular weight excluding hydrogens is 374 g/mol. The molecule has 0 bridgehead atoms. The number of amides is 1. The van der Waals surface area contributed by atoms with Gasteiger partial charge in [-0.1, -0.05) is 17.7 Å². The molecule has 1 aliphatic rings. The van der Waals surface area contributed by atoms with Gasteiger partial charge in [-0.15, -0.1) is 0 Å². The number of nitrogens with zero attached hydrogens (tertiary/aromatic N) is 3. The zero-order valence-corrected chi connectivity index (χ0v) is 19.1. The zero-order valence-electron chi connectivity index (χ0n) is 18.3. The fourth-order valence-electron chi connectivity index (χ4n) is 4.04. The summed E-state index contributed by atoms with van der Waals surface area (Å²) in [7, 11) is -3.51. The number of aryl methyl sites for hydroxylation is 2. The third-order valence-electron chi connectivity index (χ3n) is 5.49. The van der Waals surface area contributed by atoms with Crippen LogP contribution in [0.15, 0.2) is 23.1 Å². The number of benzene rings is 1. The van der Waals surface area contributed by atoms with E-state index in [2.05, 4.69) is 4.90 Å². The summed E-state index contributed by atoms with van der Waals surface area (Å²) in [6, 6.07) is 5.46. The highest BCUT2D eigenvalue weighted by molar-refractivity contribution is 7.89. The van der Waals surface area contributed by atoms with Crippen LogP contribution in [0.4, 0.5) is 0 Å². The minimum Gasteiger partial charge on any atom is -0.336 e. The first-order valence-electron chi connectivity index (χ1n) is 10.1. The second-order valence-corrected chi connectivity index (χ2v) is 10.2. The largest absolute Gasteiger partial charge is 0.336 e. The Labute approximate surface area is 170 Å². The summed E-state index contributed by atoms with van der Waals surface area (Å²) < 4.78 is 27.6. The van der Waals surface area contributed by atoms with Crippen LogP contribution < -0.4 is 0 Å². The van der Waals surface area contributed by atoms with Crippen molar-refractivity contribution in [1.82, 2.24) is 14.1 Å². The molecule has 0 spiro atoms. The van der Waals surface area contributed by atoms with E-state index < -0.39 is 10.0 Å². The third kappa shape index (κ3) is 4.75. The monoisotopic (exact) mass is 409 g/mol. The van der Waals surface area contributed by atoms with E-state index in [0.717, 1.165) is 11.1 Å². The molecule has 1 amide bonds. The molecule has 1 saturated heterocycles. The molecule has 1 atom stereocenters. The van der Waals surface area contributed by atoms with E-state index in [1.54, 1.807) is 10.4 Å². The van der Waals surface area contributed by atoms with Gasteiger partial charge in [0.1, 0.15) is 0 Å². The van der Waals surface area contributed by atoms with E-state index in [0.29, 0.717) is 31.1 Å². The molecule has 1 heterocycles. The SMILES string of the molecule is Cc1ccc(S(=O)(=O)N2CCN(C(C)C(=O)N(C(C)C)C(C)C)CC2)c(C)c1. The zero-order chi connectivity index (χ0) is 21.2. The topological polar surface area (TPSA) is 60.9 Å². The quantitative estimate of drug-likeness (QED) is 0.725. The molecule has 2 rings (SSSR count). The van der Waals surface area contributed by atoms with Crippen molar-refractivity contribution in [3.8, 4) is 0 Å². The summed E-state index contributed by atoms with van der Waals surface area (Å²) in [5.74, 6) is 0.107. The molecule has 0 N–H and O–H groups in total. The minimum atomic E-state index is -3.51. The first kappa shape index (κ1) is 22.8. The number of piperazine rings is 1. The number of hydrogen-bond acceptors (Lipinski definition) is 4. The third-order valence-corrected chi connectivity index (χ3v) is 7.55. The molecule has 0 radical (unpaired) electrons. The van der Waals surface area contributed by atoms with Gasteiger partial charge in [0, 0.05) is 38.3 Å². The molecule has 28 heavy (non-hydrogen) atoms. The molecule has 1 fully saturated rings. The van der Waals surface area contributed by atoms with E-state index in [9.17, 15) is 13.2 Å². The van der Waals surface area contributed by atoms with Gasteiger partial charge in [0.15, 0.2) is 0 Å². The van der Waals surface area contributed by atoms with E-state index in [-0.39, 0.29) is 24.0 Å². The van der Waals surface area contributed by atoms with Crippen LogP contribution in [0.25, 0.3) is 0 Å². The Morgan fingerprint density at radius 3 is 1.96 bits per heavy atom. The molecule has 1 unspecified atom stereocenters. The average molecular weight is 410 g/mol. The summed E-state index contributed by atoms with van der Waals surface area (Å²) in [5.41, 5.74) is 1.82. The van der Waals surface area contributed by atoms with Crippen molar-refractivity contribution >= 4 is 15.9 Å². The second kappa shape index (κ2) is 8.93. The van der Waals surface area contributed by atoms with Gasteiger partial charge in [-0.05, 0) is 60.1 Å².